The maximum atomic E-state index is 12.4. The minimum absolute atomic E-state index is 0.161. The van der Waals surface area contributed by atoms with Crippen LogP contribution in [0.1, 0.15) is 19.8 Å². The first kappa shape index (κ1) is 20.5. The van der Waals surface area contributed by atoms with Gasteiger partial charge in [0.1, 0.15) is 6.04 Å². The highest BCUT2D eigenvalue weighted by atomic mass is 35.5. The molecule has 1 aliphatic heterocycles. The Bertz CT molecular complexity index is 576. The quantitative estimate of drug-likeness (QED) is 0.642. The Morgan fingerprint density at radius 3 is 2.58 bits per heavy atom. The van der Waals surface area contributed by atoms with E-state index in [4.69, 9.17) is 16.3 Å². The molecule has 1 atom stereocenters. The molecule has 2 rings (SSSR count). The van der Waals surface area contributed by atoms with Crippen molar-refractivity contribution in [1.29, 1.82) is 0 Å². The Kier molecular flexibility index (Phi) is 8.67. The van der Waals surface area contributed by atoms with Gasteiger partial charge in [-0.25, -0.2) is 4.79 Å². The molecule has 0 spiro atoms. The van der Waals surface area contributed by atoms with E-state index in [2.05, 4.69) is 20.9 Å². The molecule has 1 fully saturated rings. The van der Waals surface area contributed by atoms with E-state index in [1.807, 2.05) is 6.92 Å². The molecule has 8 heteroatoms. The SMILES string of the molecule is CCCC(NC(=O)Nc1ccc(Cl)cc1)C(=O)NCCN1CCOCC1. The third-order valence-corrected chi connectivity index (χ3v) is 4.38. The van der Waals surface area contributed by atoms with Gasteiger partial charge < -0.3 is 20.7 Å². The number of carbonyl (C=O) groups excluding carboxylic acids is 2. The van der Waals surface area contributed by atoms with Crippen molar-refractivity contribution < 1.29 is 14.3 Å². The van der Waals surface area contributed by atoms with Crippen LogP contribution in [-0.2, 0) is 9.53 Å². The standard InChI is InChI=1S/C18H27ClN4O3/c1-2-3-16(17(24)20-8-9-23-10-12-26-13-11-23)22-18(25)21-15-6-4-14(19)5-7-15/h4-7,16H,2-3,8-13H2,1H3,(H,20,24)(H2,21,22,25). The lowest BCUT2D eigenvalue weighted by atomic mass is 10.1. The summed E-state index contributed by atoms with van der Waals surface area (Å²) in [5, 5.41) is 8.96. The Morgan fingerprint density at radius 1 is 1.23 bits per heavy atom. The lowest BCUT2D eigenvalue weighted by Crippen LogP contribution is -2.49. The highest BCUT2D eigenvalue weighted by Crippen LogP contribution is 2.13. The molecular formula is C18H27ClN4O3. The van der Waals surface area contributed by atoms with Crippen molar-refractivity contribution in [1.82, 2.24) is 15.5 Å². The topological polar surface area (TPSA) is 82.7 Å². The van der Waals surface area contributed by atoms with Gasteiger partial charge in [-0.15, -0.1) is 0 Å². The van der Waals surface area contributed by atoms with Crippen LogP contribution in [0.2, 0.25) is 5.02 Å². The van der Waals surface area contributed by atoms with Gasteiger partial charge in [0.25, 0.3) is 0 Å². The van der Waals surface area contributed by atoms with Gasteiger partial charge in [-0.3, -0.25) is 9.69 Å². The number of morpholine rings is 1. The normalized spacial score (nSPS) is 15.9. The maximum absolute atomic E-state index is 12.4. The summed E-state index contributed by atoms with van der Waals surface area (Å²) >= 11 is 5.83. The zero-order valence-electron chi connectivity index (χ0n) is 15.1. The Morgan fingerprint density at radius 2 is 1.92 bits per heavy atom. The number of nitrogens with zero attached hydrogens (tertiary/aromatic N) is 1. The van der Waals surface area contributed by atoms with Gasteiger partial charge in [0.05, 0.1) is 13.2 Å². The number of amides is 3. The van der Waals surface area contributed by atoms with Crippen LogP contribution in [-0.4, -0.2) is 62.3 Å². The van der Waals surface area contributed by atoms with Gasteiger partial charge in [0, 0.05) is 36.9 Å². The minimum atomic E-state index is -0.558. The highest BCUT2D eigenvalue weighted by Gasteiger charge is 2.20. The first-order chi connectivity index (χ1) is 12.6. The second-order valence-electron chi connectivity index (χ2n) is 6.19. The van der Waals surface area contributed by atoms with Crippen LogP contribution in [0.3, 0.4) is 0 Å². The zero-order chi connectivity index (χ0) is 18.8. The van der Waals surface area contributed by atoms with Crippen LogP contribution in [0.15, 0.2) is 24.3 Å². The molecule has 0 aliphatic carbocycles. The van der Waals surface area contributed by atoms with E-state index >= 15 is 0 Å². The first-order valence-electron chi connectivity index (χ1n) is 8.99. The summed E-state index contributed by atoms with van der Waals surface area (Å²) in [5.74, 6) is -0.161. The van der Waals surface area contributed by atoms with E-state index in [1.54, 1.807) is 24.3 Å². The largest absolute Gasteiger partial charge is 0.379 e. The molecule has 0 saturated carbocycles. The smallest absolute Gasteiger partial charge is 0.319 e. The molecule has 26 heavy (non-hydrogen) atoms. The van der Waals surface area contributed by atoms with Gasteiger partial charge in [-0.05, 0) is 30.7 Å². The van der Waals surface area contributed by atoms with E-state index < -0.39 is 12.1 Å². The van der Waals surface area contributed by atoms with E-state index in [0.717, 1.165) is 39.3 Å². The van der Waals surface area contributed by atoms with Crippen molar-refractivity contribution in [3.05, 3.63) is 29.3 Å². The van der Waals surface area contributed by atoms with Crippen LogP contribution in [0, 0.1) is 0 Å². The minimum Gasteiger partial charge on any atom is -0.379 e. The third-order valence-electron chi connectivity index (χ3n) is 4.13. The lowest BCUT2D eigenvalue weighted by molar-refractivity contribution is -0.123. The molecule has 1 aliphatic rings. The van der Waals surface area contributed by atoms with Crippen molar-refractivity contribution in [2.45, 2.75) is 25.8 Å². The summed E-state index contributed by atoms with van der Waals surface area (Å²) in [6.07, 6.45) is 1.38. The molecule has 1 aromatic rings. The van der Waals surface area contributed by atoms with Gasteiger partial charge in [-0.1, -0.05) is 24.9 Å². The van der Waals surface area contributed by atoms with Crippen LogP contribution in [0.4, 0.5) is 10.5 Å². The van der Waals surface area contributed by atoms with Crippen LogP contribution in [0.25, 0.3) is 0 Å². The lowest BCUT2D eigenvalue weighted by Gasteiger charge is -2.27. The summed E-state index contributed by atoms with van der Waals surface area (Å²) in [6.45, 7) is 6.56. The van der Waals surface area contributed by atoms with E-state index in [1.165, 1.54) is 0 Å². The number of anilines is 1. The fourth-order valence-electron chi connectivity index (χ4n) is 2.70. The van der Waals surface area contributed by atoms with Gasteiger partial charge in [0.2, 0.25) is 5.91 Å². The zero-order valence-corrected chi connectivity index (χ0v) is 15.8. The van der Waals surface area contributed by atoms with E-state index in [9.17, 15) is 9.59 Å². The average Bonchev–Trinajstić information content (AvgIpc) is 2.64. The van der Waals surface area contributed by atoms with Crippen LogP contribution in [0.5, 0.6) is 0 Å². The van der Waals surface area contributed by atoms with Crippen molar-refractivity contribution in [3.8, 4) is 0 Å². The summed E-state index contributed by atoms with van der Waals surface area (Å²) in [4.78, 5) is 26.8. The molecule has 0 radical (unpaired) electrons. The van der Waals surface area contributed by atoms with Gasteiger partial charge in [-0.2, -0.15) is 0 Å². The number of halogens is 1. The Hall–Kier alpha value is -1.83. The average molecular weight is 383 g/mol. The molecular weight excluding hydrogens is 356 g/mol. The molecule has 0 aromatic heterocycles. The number of rotatable bonds is 8. The molecule has 0 bridgehead atoms. The molecule has 1 heterocycles. The third kappa shape index (κ3) is 7.19. The second kappa shape index (κ2) is 11.0. The van der Waals surface area contributed by atoms with E-state index in [0.29, 0.717) is 23.7 Å². The fraction of sp³-hybridized carbons (Fsp3) is 0.556. The highest BCUT2D eigenvalue weighted by molar-refractivity contribution is 6.30. The molecule has 3 N–H and O–H groups in total. The maximum Gasteiger partial charge on any atom is 0.319 e. The molecule has 1 saturated heterocycles. The number of benzene rings is 1. The first-order valence-corrected chi connectivity index (χ1v) is 9.37. The Balaban J connectivity index is 1.77. The number of hydrogen-bond acceptors (Lipinski definition) is 4. The molecule has 144 valence electrons. The van der Waals surface area contributed by atoms with Crippen LogP contribution < -0.4 is 16.0 Å². The number of carbonyl (C=O) groups is 2. The van der Waals surface area contributed by atoms with Crippen molar-refractivity contribution >= 4 is 29.2 Å². The summed E-state index contributed by atoms with van der Waals surface area (Å²) in [6, 6.07) is 5.84. The predicted octanol–water partition coefficient (Wildman–Crippen LogP) is 2.08. The number of hydrogen-bond donors (Lipinski definition) is 3. The van der Waals surface area contributed by atoms with Crippen LogP contribution >= 0.6 is 11.6 Å². The predicted molar refractivity (Wildman–Crippen MR) is 103 cm³/mol. The summed E-state index contributed by atoms with van der Waals surface area (Å²) in [5.41, 5.74) is 0.620. The second-order valence-corrected chi connectivity index (χ2v) is 6.63. The van der Waals surface area contributed by atoms with Gasteiger partial charge >= 0.3 is 6.03 Å². The van der Waals surface area contributed by atoms with Crippen molar-refractivity contribution in [2.24, 2.45) is 0 Å². The number of nitrogens with one attached hydrogen (secondary N) is 3. The molecule has 7 nitrogen and oxygen atoms in total. The number of ether oxygens (including phenoxy) is 1. The summed E-state index contributed by atoms with van der Waals surface area (Å²) in [7, 11) is 0. The number of urea groups is 1. The van der Waals surface area contributed by atoms with Gasteiger partial charge in [0.15, 0.2) is 0 Å². The van der Waals surface area contributed by atoms with Crippen molar-refractivity contribution in [2.75, 3.05) is 44.7 Å². The fourth-order valence-corrected chi connectivity index (χ4v) is 2.83. The summed E-state index contributed by atoms with van der Waals surface area (Å²) < 4.78 is 5.31. The monoisotopic (exact) mass is 382 g/mol. The molecule has 1 aromatic carbocycles. The van der Waals surface area contributed by atoms with E-state index in [-0.39, 0.29) is 5.91 Å². The molecule has 1 unspecified atom stereocenters. The van der Waals surface area contributed by atoms with Crippen molar-refractivity contribution in [3.63, 3.8) is 0 Å². The Labute approximate surface area is 159 Å². The molecule has 3 amide bonds.